The highest BCUT2D eigenvalue weighted by atomic mass is 16.5. The fraction of sp³-hybridized carbons (Fsp3) is 0.375. The number of carbonyl (C=O) groups excluding carboxylic acids is 1. The van der Waals surface area contributed by atoms with Crippen molar-refractivity contribution in [3.8, 4) is 0 Å². The number of amides is 1. The Morgan fingerprint density at radius 2 is 1.97 bits per heavy atom. The normalized spacial score (nSPS) is 21.8. The van der Waals surface area contributed by atoms with Crippen molar-refractivity contribution in [2.45, 2.75) is 32.0 Å². The number of ether oxygens (including phenoxy) is 1. The minimum absolute atomic E-state index is 0.0333. The van der Waals surface area contributed by atoms with Crippen molar-refractivity contribution in [2.24, 2.45) is 0 Å². The lowest BCUT2D eigenvalue weighted by molar-refractivity contribution is -0.151. The molecule has 2 aromatic carbocycles. The number of H-pyrrole nitrogens is 1. The van der Waals surface area contributed by atoms with Gasteiger partial charge >= 0.3 is 0 Å². The van der Waals surface area contributed by atoms with Crippen LogP contribution in [0.2, 0.25) is 0 Å². The van der Waals surface area contributed by atoms with E-state index >= 15 is 0 Å². The van der Waals surface area contributed by atoms with Gasteiger partial charge in [-0.15, -0.1) is 0 Å². The smallest absolute Gasteiger partial charge is 0.258 e. The standard InChI is InChI=1S/C24H26N4O3/c1-16-12-28(13-17-6-2-3-7-18(16)17)24(30)21-14-27(10-11-31-21)15-22-25-20-9-5-4-8-19(20)23(29)26-22/h2-9,16,21H,10-15H2,1H3,(H,25,26,29). The molecule has 0 spiro atoms. The molecule has 31 heavy (non-hydrogen) atoms. The average Bonchev–Trinajstić information content (AvgIpc) is 2.79. The molecule has 2 atom stereocenters. The summed E-state index contributed by atoms with van der Waals surface area (Å²) in [6.45, 7) is 5.63. The van der Waals surface area contributed by atoms with Gasteiger partial charge in [-0.2, -0.15) is 0 Å². The third-order valence-electron chi connectivity index (χ3n) is 6.21. The van der Waals surface area contributed by atoms with Crippen LogP contribution in [-0.2, 0) is 22.6 Å². The first-order valence-electron chi connectivity index (χ1n) is 10.8. The monoisotopic (exact) mass is 418 g/mol. The Kier molecular flexibility index (Phi) is 5.29. The zero-order valence-electron chi connectivity index (χ0n) is 17.6. The summed E-state index contributed by atoms with van der Waals surface area (Å²) in [5, 5.41) is 0.584. The van der Waals surface area contributed by atoms with Gasteiger partial charge in [-0.3, -0.25) is 14.5 Å². The lowest BCUT2D eigenvalue weighted by atomic mass is 9.91. The SMILES string of the molecule is CC1CN(C(=O)C2CN(Cc3nc4ccccc4c(=O)[nH]3)CCO2)Cc2ccccc21. The van der Waals surface area contributed by atoms with E-state index in [1.807, 2.05) is 29.2 Å². The molecule has 7 nitrogen and oxygen atoms in total. The Morgan fingerprint density at radius 1 is 1.16 bits per heavy atom. The Labute approximate surface area is 180 Å². The van der Waals surface area contributed by atoms with Gasteiger partial charge in [0.1, 0.15) is 11.9 Å². The summed E-state index contributed by atoms with van der Waals surface area (Å²) >= 11 is 0. The van der Waals surface area contributed by atoms with Gasteiger partial charge in [0, 0.05) is 26.2 Å². The minimum atomic E-state index is -0.501. The topological polar surface area (TPSA) is 78.5 Å². The highest BCUT2D eigenvalue weighted by molar-refractivity contribution is 5.81. The first kappa shape index (κ1) is 19.9. The quantitative estimate of drug-likeness (QED) is 0.706. The van der Waals surface area contributed by atoms with E-state index in [4.69, 9.17) is 4.74 Å². The summed E-state index contributed by atoms with van der Waals surface area (Å²) in [4.78, 5) is 37.1. The van der Waals surface area contributed by atoms with E-state index in [0.29, 0.717) is 62.0 Å². The van der Waals surface area contributed by atoms with Gasteiger partial charge in [-0.05, 0) is 29.2 Å². The summed E-state index contributed by atoms with van der Waals surface area (Å²) in [7, 11) is 0. The Hall–Kier alpha value is -3.03. The number of para-hydroxylation sites is 1. The zero-order chi connectivity index (χ0) is 21.4. The molecule has 3 heterocycles. The molecule has 2 unspecified atom stereocenters. The average molecular weight is 418 g/mol. The van der Waals surface area contributed by atoms with Crippen molar-refractivity contribution in [3.05, 3.63) is 75.8 Å². The fourth-order valence-electron chi connectivity index (χ4n) is 4.65. The summed E-state index contributed by atoms with van der Waals surface area (Å²) in [5.41, 5.74) is 3.08. The Morgan fingerprint density at radius 3 is 2.87 bits per heavy atom. The predicted molar refractivity (Wildman–Crippen MR) is 118 cm³/mol. The second-order valence-corrected chi connectivity index (χ2v) is 8.44. The molecule has 7 heteroatoms. The van der Waals surface area contributed by atoms with E-state index in [9.17, 15) is 9.59 Å². The van der Waals surface area contributed by atoms with Crippen LogP contribution in [0, 0.1) is 0 Å². The van der Waals surface area contributed by atoms with Crippen LogP contribution in [0.1, 0.15) is 29.8 Å². The van der Waals surface area contributed by atoms with Crippen molar-refractivity contribution in [3.63, 3.8) is 0 Å². The molecular formula is C24H26N4O3. The highest BCUT2D eigenvalue weighted by Gasteiger charge is 2.33. The van der Waals surface area contributed by atoms with Crippen LogP contribution in [0.5, 0.6) is 0 Å². The van der Waals surface area contributed by atoms with Gasteiger partial charge in [0.05, 0.1) is 24.1 Å². The van der Waals surface area contributed by atoms with E-state index in [1.54, 1.807) is 6.07 Å². The molecule has 5 rings (SSSR count). The molecule has 3 aromatic rings. The number of aromatic amines is 1. The second kappa shape index (κ2) is 8.24. The molecule has 1 N–H and O–H groups in total. The van der Waals surface area contributed by atoms with E-state index < -0.39 is 6.10 Å². The van der Waals surface area contributed by atoms with Crippen molar-refractivity contribution < 1.29 is 9.53 Å². The number of morpholine rings is 1. The number of nitrogens with one attached hydrogen (secondary N) is 1. The number of nitrogens with zero attached hydrogens (tertiary/aromatic N) is 3. The zero-order valence-corrected chi connectivity index (χ0v) is 17.6. The van der Waals surface area contributed by atoms with E-state index in [2.05, 4.69) is 40.0 Å². The first-order chi connectivity index (χ1) is 15.1. The van der Waals surface area contributed by atoms with Gasteiger partial charge < -0.3 is 14.6 Å². The van der Waals surface area contributed by atoms with Gasteiger partial charge in [0.2, 0.25) is 0 Å². The van der Waals surface area contributed by atoms with E-state index in [1.165, 1.54) is 11.1 Å². The van der Waals surface area contributed by atoms with Crippen LogP contribution < -0.4 is 5.56 Å². The third-order valence-corrected chi connectivity index (χ3v) is 6.21. The lowest BCUT2D eigenvalue weighted by Gasteiger charge is -2.38. The number of fused-ring (bicyclic) bond motifs is 2. The van der Waals surface area contributed by atoms with Crippen LogP contribution >= 0.6 is 0 Å². The van der Waals surface area contributed by atoms with E-state index in [-0.39, 0.29) is 11.5 Å². The molecule has 0 bridgehead atoms. The molecule has 2 aliphatic rings. The molecule has 1 amide bonds. The summed E-state index contributed by atoms with van der Waals surface area (Å²) in [5.74, 6) is 0.948. The van der Waals surface area contributed by atoms with Crippen molar-refractivity contribution in [1.82, 2.24) is 19.8 Å². The van der Waals surface area contributed by atoms with Crippen LogP contribution in [-0.4, -0.2) is 58.0 Å². The van der Waals surface area contributed by atoms with Crippen molar-refractivity contribution >= 4 is 16.8 Å². The third kappa shape index (κ3) is 3.98. The lowest BCUT2D eigenvalue weighted by Crippen LogP contribution is -2.52. The molecule has 0 radical (unpaired) electrons. The molecule has 0 saturated carbocycles. The van der Waals surface area contributed by atoms with Gasteiger partial charge in [0.15, 0.2) is 0 Å². The number of hydrogen-bond donors (Lipinski definition) is 1. The fourth-order valence-corrected chi connectivity index (χ4v) is 4.65. The molecule has 1 aromatic heterocycles. The molecular weight excluding hydrogens is 392 g/mol. The van der Waals surface area contributed by atoms with Crippen LogP contribution in [0.4, 0.5) is 0 Å². The maximum absolute atomic E-state index is 13.2. The van der Waals surface area contributed by atoms with Crippen LogP contribution in [0.25, 0.3) is 10.9 Å². The maximum Gasteiger partial charge on any atom is 0.258 e. The molecule has 0 aliphatic carbocycles. The number of rotatable bonds is 3. The number of hydrogen-bond acceptors (Lipinski definition) is 5. The van der Waals surface area contributed by atoms with Gasteiger partial charge in [0.25, 0.3) is 11.5 Å². The van der Waals surface area contributed by atoms with Gasteiger partial charge in [-0.25, -0.2) is 4.98 Å². The Bertz CT molecular complexity index is 1170. The first-order valence-corrected chi connectivity index (χ1v) is 10.8. The van der Waals surface area contributed by atoms with Crippen LogP contribution in [0.3, 0.4) is 0 Å². The maximum atomic E-state index is 13.2. The summed E-state index contributed by atoms with van der Waals surface area (Å²) in [6.07, 6.45) is -0.501. The van der Waals surface area contributed by atoms with Crippen molar-refractivity contribution in [2.75, 3.05) is 26.2 Å². The molecule has 160 valence electrons. The van der Waals surface area contributed by atoms with Crippen molar-refractivity contribution in [1.29, 1.82) is 0 Å². The predicted octanol–water partition coefficient (Wildman–Crippen LogP) is 2.27. The summed E-state index contributed by atoms with van der Waals surface area (Å²) in [6, 6.07) is 15.6. The Balaban J connectivity index is 1.28. The number of carbonyl (C=O) groups is 1. The molecule has 1 saturated heterocycles. The molecule has 2 aliphatic heterocycles. The summed E-state index contributed by atoms with van der Waals surface area (Å²) < 4.78 is 5.85. The molecule has 1 fully saturated rings. The highest BCUT2D eigenvalue weighted by Crippen LogP contribution is 2.28. The number of aromatic nitrogens is 2. The largest absolute Gasteiger partial charge is 0.366 e. The van der Waals surface area contributed by atoms with Gasteiger partial charge in [-0.1, -0.05) is 43.3 Å². The van der Waals surface area contributed by atoms with E-state index in [0.717, 1.165) is 0 Å². The van der Waals surface area contributed by atoms with Crippen LogP contribution in [0.15, 0.2) is 53.3 Å². The second-order valence-electron chi connectivity index (χ2n) is 8.44. The number of benzene rings is 2. The minimum Gasteiger partial charge on any atom is -0.366 e.